The van der Waals surface area contributed by atoms with Gasteiger partial charge in [-0.1, -0.05) is 34.8 Å². The van der Waals surface area contributed by atoms with Gasteiger partial charge in [0.2, 0.25) is 0 Å². The molecule has 1 saturated heterocycles. The smallest absolute Gasteiger partial charge is 0.410 e. The summed E-state index contributed by atoms with van der Waals surface area (Å²) in [4.78, 5) is 19.2. The number of likely N-dealkylation sites (tertiary alicyclic amines) is 1. The van der Waals surface area contributed by atoms with Crippen LogP contribution in [0.25, 0.3) is 11.0 Å². The zero-order chi connectivity index (χ0) is 25.9. The summed E-state index contributed by atoms with van der Waals surface area (Å²) in [6.45, 7) is 8.25. The normalized spacial score (nSPS) is 16.4. The zero-order valence-electron chi connectivity index (χ0n) is 20.9. The highest BCUT2D eigenvalue weighted by Gasteiger charge is 2.27. The molecule has 0 N–H and O–H groups in total. The van der Waals surface area contributed by atoms with Crippen LogP contribution in [-0.4, -0.2) is 39.2 Å². The highest BCUT2D eigenvalue weighted by molar-refractivity contribution is 6.42. The number of benzene rings is 2. The summed E-state index contributed by atoms with van der Waals surface area (Å²) in [7, 11) is 0. The maximum Gasteiger partial charge on any atom is 0.410 e. The highest BCUT2D eigenvalue weighted by Crippen LogP contribution is 2.30. The van der Waals surface area contributed by atoms with Crippen LogP contribution in [-0.2, 0) is 17.9 Å². The number of piperidine rings is 1. The molecular weight excluding hydrogens is 521 g/mol. The summed E-state index contributed by atoms with van der Waals surface area (Å²) < 4.78 is 13.7. The molecule has 1 aromatic heterocycles. The summed E-state index contributed by atoms with van der Waals surface area (Å²) >= 11 is 18.6. The summed E-state index contributed by atoms with van der Waals surface area (Å²) in [6.07, 6.45) is 3.81. The number of carbonyl (C=O) groups is 1. The van der Waals surface area contributed by atoms with Crippen molar-refractivity contribution in [2.24, 2.45) is 5.92 Å². The standard InChI is InChI=1S/C27H32Cl3N3O3/c1-27(2,3)36-26(34)32-12-4-6-18(16-32)7-5-13-33-24-15-22(30)21(29)14-23(24)31-25(33)17-35-20-10-8-19(28)9-11-20/h8-11,14-15,18H,4-7,12-13,16-17H2,1-3H3. The molecule has 0 aliphatic carbocycles. The van der Waals surface area contributed by atoms with Gasteiger partial charge in [0.05, 0.1) is 21.1 Å². The number of aryl methyl sites for hydroxylation is 1. The van der Waals surface area contributed by atoms with Gasteiger partial charge < -0.3 is 18.9 Å². The topological polar surface area (TPSA) is 56.6 Å². The fourth-order valence-corrected chi connectivity index (χ4v) is 4.98. The monoisotopic (exact) mass is 551 g/mol. The van der Waals surface area contributed by atoms with Crippen LogP contribution in [0, 0.1) is 5.92 Å². The van der Waals surface area contributed by atoms with E-state index in [0.29, 0.717) is 27.6 Å². The van der Waals surface area contributed by atoms with Gasteiger partial charge in [-0.05, 0) is 88.8 Å². The molecule has 9 heteroatoms. The second kappa shape index (κ2) is 11.5. The SMILES string of the molecule is CC(C)(C)OC(=O)N1CCCC(CCCn2c(COc3ccc(Cl)cc3)nc3cc(Cl)c(Cl)cc32)C1. The molecule has 6 nitrogen and oxygen atoms in total. The van der Waals surface area contributed by atoms with Crippen molar-refractivity contribution in [3.8, 4) is 5.75 Å². The molecule has 0 saturated carbocycles. The Morgan fingerprint density at radius 1 is 1.11 bits per heavy atom. The van der Waals surface area contributed by atoms with E-state index in [0.717, 1.165) is 67.9 Å². The third-order valence-electron chi connectivity index (χ3n) is 6.22. The van der Waals surface area contributed by atoms with E-state index in [1.165, 1.54) is 0 Å². The van der Waals surface area contributed by atoms with Crippen molar-refractivity contribution in [3.05, 3.63) is 57.3 Å². The predicted octanol–water partition coefficient (Wildman–Crippen LogP) is 8.00. The molecular formula is C27H32Cl3N3O3. The number of carbonyl (C=O) groups excluding carboxylic acids is 1. The Bertz CT molecular complexity index is 1200. The second-order valence-electron chi connectivity index (χ2n) is 10.3. The molecule has 1 unspecified atom stereocenters. The van der Waals surface area contributed by atoms with Crippen LogP contribution in [0.3, 0.4) is 0 Å². The Morgan fingerprint density at radius 2 is 1.83 bits per heavy atom. The van der Waals surface area contributed by atoms with Crippen LogP contribution >= 0.6 is 34.8 Å². The predicted molar refractivity (Wildman–Crippen MR) is 145 cm³/mol. The van der Waals surface area contributed by atoms with Gasteiger partial charge in [0.1, 0.15) is 23.8 Å². The Labute approximate surface area is 227 Å². The van der Waals surface area contributed by atoms with Gasteiger partial charge in [-0.3, -0.25) is 0 Å². The largest absolute Gasteiger partial charge is 0.486 e. The van der Waals surface area contributed by atoms with E-state index >= 15 is 0 Å². The quantitative estimate of drug-likeness (QED) is 0.298. The third-order valence-corrected chi connectivity index (χ3v) is 7.19. The highest BCUT2D eigenvalue weighted by atomic mass is 35.5. The van der Waals surface area contributed by atoms with Crippen LogP contribution in [0.4, 0.5) is 4.79 Å². The lowest BCUT2D eigenvalue weighted by Gasteiger charge is -2.34. The minimum atomic E-state index is -0.485. The first-order valence-electron chi connectivity index (χ1n) is 12.3. The van der Waals surface area contributed by atoms with Gasteiger partial charge in [-0.15, -0.1) is 0 Å². The average Bonchev–Trinajstić information content (AvgIpc) is 3.14. The first kappa shape index (κ1) is 26.9. The number of hydrogen-bond donors (Lipinski definition) is 0. The van der Waals surface area contributed by atoms with E-state index in [9.17, 15) is 4.79 Å². The molecule has 1 amide bonds. The van der Waals surface area contributed by atoms with Crippen LogP contribution in [0.15, 0.2) is 36.4 Å². The summed E-state index contributed by atoms with van der Waals surface area (Å²) in [5, 5.41) is 1.63. The van der Waals surface area contributed by atoms with E-state index in [1.807, 2.05) is 43.9 Å². The molecule has 194 valence electrons. The molecule has 1 aliphatic heterocycles. The van der Waals surface area contributed by atoms with Crippen molar-refractivity contribution in [3.63, 3.8) is 0 Å². The molecule has 0 radical (unpaired) electrons. The van der Waals surface area contributed by atoms with Crippen molar-refractivity contribution in [2.45, 2.75) is 65.2 Å². The number of halogens is 3. The van der Waals surface area contributed by atoms with Gasteiger partial charge in [-0.25, -0.2) is 9.78 Å². The fourth-order valence-electron chi connectivity index (χ4n) is 4.54. The number of nitrogens with zero attached hydrogens (tertiary/aromatic N) is 3. The van der Waals surface area contributed by atoms with E-state index in [-0.39, 0.29) is 6.09 Å². The van der Waals surface area contributed by atoms with Gasteiger partial charge in [0, 0.05) is 24.7 Å². The first-order valence-corrected chi connectivity index (χ1v) is 13.4. The van der Waals surface area contributed by atoms with E-state index in [1.54, 1.807) is 18.2 Å². The van der Waals surface area contributed by atoms with E-state index < -0.39 is 5.60 Å². The Balaban J connectivity index is 1.43. The number of ether oxygens (including phenoxy) is 2. The molecule has 0 spiro atoms. The number of rotatable bonds is 7. The van der Waals surface area contributed by atoms with Crippen LogP contribution in [0.5, 0.6) is 5.75 Å². The number of hydrogen-bond acceptors (Lipinski definition) is 4. The average molecular weight is 553 g/mol. The van der Waals surface area contributed by atoms with Gasteiger partial charge in [0.15, 0.2) is 0 Å². The Hall–Kier alpha value is -2.15. The fraction of sp³-hybridized carbons (Fsp3) is 0.481. The summed E-state index contributed by atoms with van der Waals surface area (Å²) in [5.74, 6) is 1.96. The number of fused-ring (bicyclic) bond motifs is 1. The van der Waals surface area contributed by atoms with E-state index in [4.69, 9.17) is 49.3 Å². The Morgan fingerprint density at radius 3 is 2.56 bits per heavy atom. The maximum atomic E-state index is 12.5. The van der Waals surface area contributed by atoms with Crippen LogP contribution in [0.1, 0.15) is 52.3 Å². The molecule has 4 rings (SSSR count). The molecule has 2 aromatic carbocycles. The van der Waals surface area contributed by atoms with E-state index in [2.05, 4.69) is 4.57 Å². The molecule has 0 bridgehead atoms. The lowest BCUT2D eigenvalue weighted by Crippen LogP contribution is -2.42. The summed E-state index contributed by atoms with van der Waals surface area (Å²) in [5.41, 5.74) is 1.23. The molecule has 36 heavy (non-hydrogen) atoms. The summed E-state index contributed by atoms with van der Waals surface area (Å²) in [6, 6.07) is 10.9. The maximum absolute atomic E-state index is 12.5. The van der Waals surface area contributed by atoms with Gasteiger partial charge >= 0.3 is 6.09 Å². The molecule has 3 aromatic rings. The molecule has 1 atom stereocenters. The minimum Gasteiger partial charge on any atom is -0.486 e. The zero-order valence-corrected chi connectivity index (χ0v) is 23.2. The first-order chi connectivity index (χ1) is 17.1. The van der Waals surface area contributed by atoms with Crippen molar-refractivity contribution in [2.75, 3.05) is 13.1 Å². The lowest BCUT2D eigenvalue weighted by molar-refractivity contribution is 0.0160. The number of amides is 1. The molecule has 1 aliphatic rings. The number of aromatic nitrogens is 2. The van der Waals surface area contributed by atoms with Crippen LogP contribution in [0.2, 0.25) is 15.1 Å². The second-order valence-corrected chi connectivity index (χ2v) is 11.5. The lowest BCUT2D eigenvalue weighted by atomic mass is 9.93. The third kappa shape index (κ3) is 6.99. The van der Waals surface area contributed by atoms with Gasteiger partial charge in [-0.2, -0.15) is 0 Å². The van der Waals surface area contributed by atoms with Crippen molar-refractivity contribution < 1.29 is 14.3 Å². The van der Waals surface area contributed by atoms with Crippen molar-refractivity contribution in [1.29, 1.82) is 0 Å². The van der Waals surface area contributed by atoms with Gasteiger partial charge in [0.25, 0.3) is 0 Å². The van der Waals surface area contributed by atoms with Crippen molar-refractivity contribution >= 4 is 51.9 Å². The number of imidazole rings is 1. The molecule has 2 heterocycles. The van der Waals surface area contributed by atoms with Crippen LogP contribution < -0.4 is 4.74 Å². The Kier molecular flexibility index (Phi) is 8.59. The minimum absolute atomic E-state index is 0.221. The van der Waals surface area contributed by atoms with Crippen molar-refractivity contribution in [1.82, 2.24) is 14.5 Å². The molecule has 1 fully saturated rings.